The van der Waals surface area contributed by atoms with Crippen LogP contribution in [0.2, 0.25) is 5.02 Å². The molecule has 0 aliphatic rings. The number of benzene rings is 2. The monoisotopic (exact) mass is 259 g/mol. The van der Waals surface area contributed by atoms with Crippen LogP contribution >= 0.6 is 11.6 Å². The Hall–Kier alpha value is -1.31. The smallest absolute Gasteiger partial charge is 0.0409 e. The molecule has 2 heteroatoms. The van der Waals surface area contributed by atoms with Gasteiger partial charge >= 0.3 is 0 Å². The molecule has 0 saturated carbocycles. The van der Waals surface area contributed by atoms with Gasteiger partial charge in [0.05, 0.1) is 0 Å². The van der Waals surface area contributed by atoms with E-state index in [2.05, 4.69) is 48.6 Å². The predicted molar refractivity (Wildman–Crippen MR) is 78.1 cm³/mol. The van der Waals surface area contributed by atoms with Crippen molar-refractivity contribution in [1.82, 2.24) is 5.32 Å². The lowest BCUT2D eigenvalue weighted by molar-refractivity contribution is 0.589. The Bertz CT molecular complexity index is 508. The third-order valence-corrected chi connectivity index (χ3v) is 3.48. The fourth-order valence-corrected chi connectivity index (χ4v) is 2.38. The quantitative estimate of drug-likeness (QED) is 0.870. The van der Waals surface area contributed by atoms with Crippen LogP contribution in [0.1, 0.15) is 22.7 Å². The van der Waals surface area contributed by atoms with E-state index in [1.165, 1.54) is 16.7 Å². The molecular weight excluding hydrogens is 242 g/mol. The molecule has 94 valence electrons. The van der Waals surface area contributed by atoms with Crippen LogP contribution in [-0.2, 0) is 6.42 Å². The van der Waals surface area contributed by atoms with Gasteiger partial charge in [-0.15, -0.1) is 0 Å². The predicted octanol–water partition coefficient (Wildman–Crippen LogP) is 4.15. The van der Waals surface area contributed by atoms with Crippen molar-refractivity contribution < 1.29 is 0 Å². The second kappa shape index (κ2) is 6.03. The summed E-state index contributed by atoms with van der Waals surface area (Å²) in [5.74, 6) is 0. The second-order valence-electron chi connectivity index (χ2n) is 4.53. The first-order valence-corrected chi connectivity index (χ1v) is 6.55. The summed E-state index contributed by atoms with van der Waals surface area (Å²) < 4.78 is 0. The highest BCUT2D eigenvalue weighted by Crippen LogP contribution is 2.24. The minimum atomic E-state index is 0.297. The molecule has 0 fully saturated rings. The molecule has 2 aromatic carbocycles. The van der Waals surface area contributed by atoms with Gasteiger partial charge in [0.25, 0.3) is 0 Å². The minimum absolute atomic E-state index is 0.297. The van der Waals surface area contributed by atoms with Crippen LogP contribution in [-0.4, -0.2) is 7.05 Å². The van der Waals surface area contributed by atoms with Crippen LogP contribution in [0.25, 0.3) is 0 Å². The van der Waals surface area contributed by atoms with Crippen molar-refractivity contribution in [3.8, 4) is 0 Å². The molecule has 0 saturated heterocycles. The van der Waals surface area contributed by atoms with E-state index >= 15 is 0 Å². The SMILES string of the molecule is CNC(Cc1ccccc1)c1cc(Cl)ccc1C. The fourth-order valence-electron chi connectivity index (χ4n) is 2.20. The molecule has 0 spiro atoms. The first-order chi connectivity index (χ1) is 8.70. The van der Waals surface area contributed by atoms with Gasteiger partial charge in [0, 0.05) is 11.1 Å². The van der Waals surface area contributed by atoms with Crippen LogP contribution < -0.4 is 5.32 Å². The van der Waals surface area contributed by atoms with Crippen molar-refractivity contribution in [2.75, 3.05) is 7.05 Å². The Morgan fingerprint density at radius 1 is 1.11 bits per heavy atom. The van der Waals surface area contributed by atoms with Gasteiger partial charge in [-0.25, -0.2) is 0 Å². The first kappa shape index (κ1) is 13.1. The van der Waals surface area contributed by atoms with Crippen LogP contribution in [0.5, 0.6) is 0 Å². The Labute approximate surface area is 114 Å². The van der Waals surface area contributed by atoms with Crippen molar-refractivity contribution in [1.29, 1.82) is 0 Å². The van der Waals surface area contributed by atoms with Crippen molar-refractivity contribution >= 4 is 11.6 Å². The van der Waals surface area contributed by atoms with E-state index in [1.807, 2.05) is 19.2 Å². The Balaban J connectivity index is 2.26. The molecule has 0 radical (unpaired) electrons. The summed E-state index contributed by atoms with van der Waals surface area (Å²) in [4.78, 5) is 0. The van der Waals surface area contributed by atoms with Gasteiger partial charge in [-0.05, 0) is 49.2 Å². The Kier molecular flexibility index (Phi) is 4.40. The normalized spacial score (nSPS) is 12.4. The molecule has 0 amide bonds. The number of rotatable bonds is 4. The van der Waals surface area contributed by atoms with Gasteiger partial charge < -0.3 is 5.32 Å². The summed E-state index contributed by atoms with van der Waals surface area (Å²) in [6, 6.07) is 16.9. The van der Waals surface area contributed by atoms with Crippen molar-refractivity contribution in [2.45, 2.75) is 19.4 Å². The Morgan fingerprint density at radius 2 is 1.83 bits per heavy atom. The van der Waals surface area contributed by atoms with Crippen LogP contribution in [0.3, 0.4) is 0 Å². The van der Waals surface area contributed by atoms with E-state index in [9.17, 15) is 0 Å². The molecule has 1 nitrogen and oxygen atoms in total. The lowest BCUT2D eigenvalue weighted by Gasteiger charge is -2.19. The largest absolute Gasteiger partial charge is 0.313 e. The minimum Gasteiger partial charge on any atom is -0.313 e. The number of halogens is 1. The van der Waals surface area contributed by atoms with Crippen molar-refractivity contribution in [3.63, 3.8) is 0 Å². The molecule has 18 heavy (non-hydrogen) atoms. The van der Waals surface area contributed by atoms with E-state index in [0.717, 1.165) is 11.4 Å². The summed E-state index contributed by atoms with van der Waals surface area (Å²) in [7, 11) is 1.99. The van der Waals surface area contributed by atoms with Gasteiger partial charge in [-0.1, -0.05) is 48.0 Å². The number of hydrogen-bond acceptors (Lipinski definition) is 1. The van der Waals surface area contributed by atoms with Gasteiger partial charge in [-0.2, -0.15) is 0 Å². The lowest BCUT2D eigenvalue weighted by Crippen LogP contribution is -2.19. The molecule has 0 aliphatic carbocycles. The van der Waals surface area contributed by atoms with Crippen molar-refractivity contribution in [3.05, 3.63) is 70.2 Å². The number of likely N-dealkylation sites (N-methyl/N-ethyl adjacent to an activating group) is 1. The summed E-state index contributed by atoms with van der Waals surface area (Å²) in [5.41, 5.74) is 3.87. The summed E-state index contributed by atoms with van der Waals surface area (Å²) in [5, 5.41) is 4.17. The third kappa shape index (κ3) is 3.12. The van der Waals surface area contributed by atoms with Crippen LogP contribution in [0.15, 0.2) is 48.5 Å². The third-order valence-electron chi connectivity index (χ3n) is 3.25. The van der Waals surface area contributed by atoms with E-state index in [-0.39, 0.29) is 0 Å². The molecule has 2 aromatic rings. The number of aryl methyl sites for hydroxylation is 1. The first-order valence-electron chi connectivity index (χ1n) is 6.18. The zero-order valence-corrected chi connectivity index (χ0v) is 11.5. The zero-order chi connectivity index (χ0) is 13.0. The van der Waals surface area contributed by atoms with Crippen molar-refractivity contribution in [2.24, 2.45) is 0 Å². The maximum atomic E-state index is 6.09. The highest BCUT2D eigenvalue weighted by molar-refractivity contribution is 6.30. The average molecular weight is 260 g/mol. The summed E-state index contributed by atoms with van der Waals surface area (Å²) in [6.07, 6.45) is 0.971. The molecule has 0 heterocycles. The van der Waals surface area contributed by atoms with Gasteiger partial charge in [0.1, 0.15) is 0 Å². The molecule has 0 aromatic heterocycles. The van der Waals surface area contributed by atoms with Crippen LogP contribution in [0.4, 0.5) is 0 Å². The molecule has 2 rings (SSSR count). The van der Waals surface area contributed by atoms with Gasteiger partial charge in [-0.3, -0.25) is 0 Å². The number of hydrogen-bond donors (Lipinski definition) is 1. The molecule has 0 aliphatic heterocycles. The maximum absolute atomic E-state index is 6.09. The van der Waals surface area contributed by atoms with E-state index in [0.29, 0.717) is 6.04 Å². The topological polar surface area (TPSA) is 12.0 Å². The van der Waals surface area contributed by atoms with E-state index < -0.39 is 0 Å². The average Bonchev–Trinajstić information content (AvgIpc) is 2.40. The maximum Gasteiger partial charge on any atom is 0.0409 e. The standard InChI is InChI=1S/C16H18ClN/c1-12-8-9-14(17)11-15(12)16(18-2)10-13-6-4-3-5-7-13/h3-9,11,16,18H,10H2,1-2H3. The van der Waals surface area contributed by atoms with Gasteiger partial charge in [0.15, 0.2) is 0 Å². The second-order valence-corrected chi connectivity index (χ2v) is 4.97. The summed E-state index contributed by atoms with van der Waals surface area (Å²) in [6.45, 7) is 2.13. The van der Waals surface area contributed by atoms with Gasteiger partial charge in [0.2, 0.25) is 0 Å². The molecule has 1 N–H and O–H groups in total. The molecule has 0 bridgehead atoms. The zero-order valence-electron chi connectivity index (χ0n) is 10.8. The highest BCUT2D eigenvalue weighted by Gasteiger charge is 2.12. The molecular formula is C16H18ClN. The van der Waals surface area contributed by atoms with E-state index in [4.69, 9.17) is 11.6 Å². The van der Waals surface area contributed by atoms with Crippen LogP contribution in [0, 0.1) is 6.92 Å². The lowest BCUT2D eigenvalue weighted by atomic mass is 9.95. The molecule has 1 atom stereocenters. The highest BCUT2D eigenvalue weighted by atomic mass is 35.5. The number of nitrogens with one attached hydrogen (secondary N) is 1. The summed E-state index contributed by atoms with van der Waals surface area (Å²) >= 11 is 6.09. The molecule has 1 unspecified atom stereocenters. The Morgan fingerprint density at radius 3 is 2.50 bits per heavy atom. The fraction of sp³-hybridized carbons (Fsp3) is 0.250. The van der Waals surface area contributed by atoms with E-state index in [1.54, 1.807) is 0 Å².